The molecule has 1 aliphatic heterocycles. The van der Waals surface area contributed by atoms with E-state index in [1.54, 1.807) is 18.1 Å². The molecule has 1 atom stereocenters. The fraction of sp³-hybridized carbons (Fsp3) is 0.296. The zero-order valence-corrected chi connectivity index (χ0v) is 21.3. The van der Waals surface area contributed by atoms with E-state index < -0.39 is 6.04 Å². The van der Waals surface area contributed by atoms with Gasteiger partial charge in [-0.15, -0.1) is 11.3 Å². The van der Waals surface area contributed by atoms with E-state index in [-0.39, 0.29) is 17.1 Å². The maximum Gasteiger partial charge on any atom is 0.297 e. The van der Waals surface area contributed by atoms with Crippen molar-refractivity contribution in [2.45, 2.75) is 40.7 Å². The van der Waals surface area contributed by atoms with Crippen LogP contribution in [-0.4, -0.2) is 24.6 Å². The second-order valence-electron chi connectivity index (χ2n) is 8.67. The van der Waals surface area contributed by atoms with Gasteiger partial charge >= 0.3 is 0 Å². The topological polar surface area (TPSA) is 81.9 Å². The van der Waals surface area contributed by atoms with Crippen molar-refractivity contribution in [3.63, 3.8) is 0 Å². The zero-order chi connectivity index (χ0) is 25.0. The van der Waals surface area contributed by atoms with Crippen molar-refractivity contribution in [2.24, 2.45) is 0 Å². The van der Waals surface area contributed by atoms with Gasteiger partial charge in [-0.2, -0.15) is 0 Å². The molecular formula is C27H26N2O5S. The van der Waals surface area contributed by atoms with Crippen molar-refractivity contribution in [1.29, 1.82) is 0 Å². The Labute approximate surface area is 206 Å². The van der Waals surface area contributed by atoms with Gasteiger partial charge in [0.2, 0.25) is 5.76 Å². The molecule has 180 valence electrons. The number of benzene rings is 2. The molecule has 3 heterocycles. The minimum absolute atomic E-state index is 0.0501. The zero-order valence-electron chi connectivity index (χ0n) is 20.5. The molecule has 0 radical (unpaired) electrons. The number of aromatic nitrogens is 1. The maximum atomic E-state index is 13.9. The number of fused-ring (bicyclic) bond motifs is 2. The van der Waals surface area contributed by atoms with Crippen LogP contribution in [0.15, 0.2) is 39.5 Å². The Bertz CT molecular complexity index is 1530. The molecule has 2 aromatic carbocycles. The molecule has 1 aliphatic rings. The van der Waals surface area contributed by atoms with Crippen LogP contribution in [0.2, 0.25) is 0 Å². The lowest BCUT2D eigenvalue weighted by Crippen LogP contribution is -2.29. The Balaban J connectivity index is 1.80. The number of hydrogen-bond acceptors (Lipinski definition) is 7. The van der Waals surface area contributed by atoms with E-state index in [0.29, 0.717) is 45.3 Å². The van der Waals surface area contributed by atoms with Gasteiger partial charge in [0, 0.05) is 4.88 Å². The SMILES string of the molecule is CCOc1ccc(C2c3c(oc4cc(C)c(C)cc4c3=O)C(=O)N2c2nc(C)c(C)s2)cc1OC. The van der Waals surface area contributed by atoms with E-state index in [1.165, 1.54) is 11.3 Å². The van der Waals surface area contributed by atoms with Crippen molar-refractivity contribution < 1.29 is 18.7 Å². The number of thiazole rings is 1. The van der Waals surface area contributed by atoms with Crippen LogP contribution in [0.25, 0.3) is 11.0 Å². The van der Waals surface area contributed by atoms with Gasteiger partial charge in [-0.1, -0.05) is 6.07 Å². The third-order valence-electron chi connectivity index (χ3n) is 6.51. The Kier molecular flexibility index (Phi) is 5.63. The number of nitrogens with zero attached hydrogens (tertiary/aromatic N) is 2. The first-order valence-corrected chi connectivity index (χ1v) is 12.2. The molecule has 7 nitrogen and oxygen atoms in total. The fourth-order valence-corrected chi connectivity index (χ4v) is 5.37. The largest absolute Gasteiger partial charge is 0.493 e. The number of anilines is 1. The van der Waals surface area contributed by atoms with Crippen molar-refractivity contribution in [1.82, 2.24) is 4.98 Å². The van der Waals surface area contributed by atoms with Crippen LogP contribution in [0, 0.1) is 27.7 Å². The Morgan fingerprint density at radius 3 is 2.46 bits per heavy atom. The van der Waals surface area contributed by atoms with Gasteiger partial charge in [0.25, 0.3) is 5.91 Å². The van der Waals surface area contributed by atoms with Crippen molar-refractivity contribution in [3.05, 3.63) is 79.1 Å². The van der Waals surface area contributed by atoms with Crippen LogP contribution in [0.4, 0.5) is 5.13 Å². The summed E-state index contributed by atoms with van der Waals surface area (Å²) in [7, 11) is 1.56. The first-order chi connectivity index (χ1) is 16.7. The van der Waals surface area contributed by atoms with E-state index >= 15 is 0 Å². The van der Waals surface area contributed by atoms with Crippen LogP contribution >= 0.6 is 11.3 Å². The van der Waals surface area contributed by atoms with Crippen LogP contribution in [0.5, 0.6) is 11.5 Å². The van der Waals surface area contributed by atoms with Gasteiger partial charge in [-0.3, -0.25) is 14.5 Å². The summed E-state index contributed by atoms with van der Waals surface area (Å²) >= 11 is 1.41. The van der Waals surface area contributed by atoms with E-state index in [0.717, 1.165) is 21.7 Å². The van der Waals surface area contributed by atoms with E-state index in [4.69, 9.17) is 13.9 Å². The number of ether oxygens (including phenoxy) is 2. The minimum atomic E-state index is -0.714. The molecule has 0 fully saturated rings. The quantitative estimate of drug-likeness (QED) is 0.360. The van der Waals surface area contributed by atoms with Crippen molar-refractivity contribution in [3.8, 4) is 11.5 Å². The lowest BCUT2D eigenvalue weighted by molar-refractivity contribution is 0.0971. The van der Waals surface area contributed by atoms with Gasteiger partial charge in [0.05, 0.1) is 36.4 Å². The number of hydrogen-bond donors (Lipinski definition) is 0. The Hall–Kier alpha value is -3.65. The second-order valence-corrected chi connectivity index (χ2v) is 9.85. The van der Waals surface area contributed by atoms with E-state index in [1.807, 2.05) is 58.9 Å². The standard InChI is InChI=1S/C27H26N2O5S/c1-7-33-19-9-8-17(12-21(19)32-6)23-22-24(30)18-10-13(2)14(3)11-20(18)34-25(22)26(31)29(23)27-28-15(4)16(5)35-27/h8-12,23H,7H2,1-6H3. The average molecular weight is 491 g/mol. The van der Waals surface area contributed by atoms with Gasteiger partial charge in [0.15, 0.2) is 22.1 Å². The molecule has 0 aliphatic carbocycles. The van der Waals surface area contributed by atoms with Crippen LogP contribution in [0.1, 0.15) is 56.3 Å². The van der Waals surface area contributed by atoms with E-state index in [9.17, 15) is 9.59 Å². The van der Waals surface area contributed by atoms with Gasteiger partial charge in [-0.25, -0.2) is 4.98 Å². The second kappa shape index (κ2) is 8.53. The average Bonchev–Trinajstić information content (AvgIpc) is 3.31. The lowest BCUT2D eigenvalue weighted by Gasteiger charge is -2.23. The highest BCUT2D eigenvalue weighted by Crippen LogP contribution is 2.44. The Morgan fingerprint density at radius 2 is 1.80 bits per heavy atom. The Morgan fingerprint density at radius 1 is 1.06 bits per heavy atom. The summed E-state index contributed by atoms with van der Waals surface area (Å²) in [5.41, 5.74) is 4.01. The molecular weight excluding hydrogens is 464 g/mol. The van der Waals surface area contributed by atoms with Crippen LogP contribution in [0.3, 0.4) is 0 Å². The number of carbonyl (C=O) groups excluding carboxylic acids is 1. The third-order valence-corrected chi connectivity index (χ3v) is 7.59. The molecule has 5 rings (SSSR count). The smallest absolute Gasteiger partial charge is 0.297 e. The summed E-state index contributed by atoms with van der Waals surface area (Å²) in [4.78, 5) is 34.9. The number of methoxy groups -OCH3 is 1. The molecule has 1 unspecified atom stereocenters. The number of aryl methyl sites for hydroxylation is 4. The van der Waals surface area contributed by atoms with Crippen LogP contribution in [-0.2, 0) is 0 Å². The van der Waals surface area contributed by atoms with Crippen LogP contribution < -0.4 is 19.8 Å². The highest BCUT2D eigenvalue weighted by atomic mass is 32.1. The first kappa shape index (κ1) is 23.1. The summed E-state index contributed by atoms with van der Waals surface area (Å²) < 4.78 is 17.4. The highest BCUT2D eigenvalue weighted by Gasteiger charge is 2.45. The third kappa shape index (κ3) is 3.60. The molecule has 0 saturated heterocycles. The summed E-state index contributed by atoms with van der Waals surface area (Å²) in [6, 6.07) is 8.39. The molecule has 2 aromatic heterocycles. The number of amides is 1. The highest BCUT2D eigenvalue weighted by molar-refractivity contribution is 7.15. The van der Waals surface area contributed by atoms with Crippen molar-refractivity contribution in [2.75, 3.05) is 18.6 Å². The molecule has 0 N–H and O–H groups in total. The summed E-state index contributed by atoms with van der Waals surface area (Å²) in [5.74, 6) is 0.777. The summed E-state index contributed by atoms with van der Waals surface area (Å²) in [5, 5.41) is 0.973. The predicted octanol–water partition coefficient (Wildman–Crippen LogP) is 5.64. The molecule has 8 heteroatoms. The minimum Gasteiger partial charge on any atom is -0.493 e. The fourth-order valence-electron chi connectivity index (χ4n) is 4.43. The molecule has 0 bridgehead atoms. The molecule has 35 heavy (non-hydrogen) atoms. The summed E-state index contributed by atoms with van der Waals surface area (Å²) in [6.07, 6.45) is 0. The molecule has 1 amide bonds. The van der Waals surface area contributed by atoms with Crippen molar-refractivity contribution >= 4 is 33.3 Å². The van der Waals surface area contributed by atoms with Gasteiger partial charge in [0.1, 0.15) is 5.58 Å². The molecule has 0 saturated carbocycles. The monoisotopic (exact) mass is 490 g/mol. The maximum absolute atomic E-state index is 13.9. The molecule has 4 aromatic rings. The predicted molar refractivity (Wildman–Crippen MR) is 136 cm³/mol. The number of carbonyl (C=O) groups is 1. The van der Waals surface area contributed by atoms with E-state index in [2.05, 4.69) is 4.98 Å². The molecule has 0 spiro atoms. The first-order valence-electron chi connectivity index (χ1n) is 11.4. The summed E-state index contributed by atoms with van der Waals surface area (Å²) in [6.45, 7) is 10.2. The lowest BCUT2D eigenvalue weighted by atomic mass is 9.97. The number of rotatable bonds is 5. The normalized spacial score (nSPS) is 15.1. The van der Waals surface area contributed by atoms with Gasteiger partial charge < -0.3 is 13.9 Å². The van der Waals surface area contributed by atoms with Gasteiger partial charge in [-0.05, 0) is 75.6 Å².